The first kappa shape index (κ1) is 19.2. The maximum atomic E-state index is 11.9. The van der Waals surface area contributed by atoms with E-state index in [1.165, 1.54) is 7.11 Å². The lowest BCUT2D eigenvalue weighted by Gasteiger charge is -2.16. The van der Waals surface area contributed by atoms with Gasteiger partial charge in [0.2, 0.25) is 0 Å². The Morgan fingerprint density at radius 3 is 2.57 bits per heavy atom. The van der Waals surface area contributed by atoms with Crippen molar-refractivity contribution in [2.45, 2.75) is 13.8 Å². The largest absolute Gasteiger partial charge is 0.496 e. The van der Waals surface area contributed by atoms with Crippen molar-refractivity contribution in [2.24, 2.45) is 0 Å². The first-order valence-electron chi connectivity index (χ1n) is 9.16. The molecule has 0 saturated heterocycles. The predicted octanol–water partition coefficient (Wildman–Crippen LogP) is 3.44. The average molecular weight is 401 g/mol. The smallest absolute Gasteiger partial charge is 0.337 e. The Morgan fingerprint density at radius 2 is 1.90 bits per heavy atom. The molecule has 0 aliphatic rings. The normalized spacial score (nSPS) is 10.9. The molecule has 0 amide bonds. The van der Waals surface area contributed by atoms with Crippen LogP contribution in [0.3, 0.4) is 0 Å². The SMILES string of the molecule is COC(=O)c1ccc2nc3c(C#N)c(N)n(-c4c(C)ccc(OC)c4C)c3nc2c1. The lowest BCUT2D eigenvalue weighted by atomic mass is 10.1. The van der Waals surface area contributed by atoms with Crippen LogP contribution in [0.15, 0.2) is 30.3 Å². The number of carbonyl (C=O) groups excluding carboxylic acids is 1. The Labute approximate surface area is 172 Å². The van der Waals surface area contributed by atoms with Gasteiger partial charge in [0.15, 0.2) is 5.65 Å². The lowest BCUT2D eigenvalue weighted by Crippen LogP contribution is -2.07. The van der Waals surface area contributed by atoms with E-state index in [-0.39, 0.29) is 11.4 Å². The van der Waals surface area contributed by atoms with Crippen LogP contribution in [0.1, 0.15) is 27.0 Å². The Hall–Kier alpha value is -4.12. The van der Waals surface area contributed by atoms with Crippen LogP contribution in [-0.2, 0) is 4.74 Å². The van der Waals surface area contributed by atoms with Crippen LogP contribution in [0.4, 0.5) is 5.82 Å². The number of hydrogen-bond acceptors (Lipinski definition) is 7. The molecule has 0 unspecified atom stereocenters. The molecule has 2 aromatic heterocycles. The molecule has 0 atom stereocenters. The molecule has 2 N–H and O–H groups in total. The lowest BCUT2D eigenvalue weighted by molar-refractivity contribution is 0.0601. The molecule has 4 aromatic rings. The van der Waals surface area contributed by atoms with Gasteiger partial charge in [-0.3, -0.25) is 4.57 Å². The number of hydrogen-bond donors (Lipinski definition) is 1. The van der Waals surface area contributed by atoms with Gasteiger partial charge < -0.3 is 15.2 Å². The number of carbonyl (C=O) groups is 1. The number of nitrogens with zero attached hydrogens (tertiary/aromatic N) is 4. The van der Waals surface area contributed by atoms with Crippen molar-refractivity contribution >= 4 is 34.0 Å². The van der Waals surface area contributed by atoms with Gasteiger partial charge in [0.25, 0.3) is 0 Å². The van der Waals surface area contributed by atoms with E-state index in [1.807, 2.05) is 26.0 Å². The van der Waals surface area contributed by atoms with Gasteiger partial charge in [0.1, 0.15) is 28.7 Å². The van der Waals surface area contributed by atoms with Crippen LogP contribution in [0.25, 0.3) is 27.9 Å². The highest BCUT2D eigenvalue weighted by atomic mass is 16.5. The number of aromatic nitrogens is 3. The van der Waals surface area contributed by atoms with Crippen LogP contribution >= 0.6 is 0 Å². The van der Waals surface area contributed by atoms with Gasteiger partial charge in [0, 0.05) is 5.56 Å². The van der Waals surface area contributed by atoms with E-state index in [4.69, 9.17) is 20.2 Å². The van der Waals surface area contributed by atoms with Gasteiger partial charge in [0.05, 0.1) is 36.5 Å². The predicted molar refractivity (Wildman–Crippen MR) is 113 cm³/mol. The minimum atomic E-state index is -0.467. The molecule has 0 fully saturated rings. The number of nitriles is 1. The fraction of sp³-hybridized carbons (Fsp3) is 0.182. The first-order chi connectivity index (χ1) is 14.4. The summed E-state index contributed by atoms with van der Waals surface area (Å²) in [5, 5.41) is 9.74. The van der Waals surface area contributed by atoms with Crippen LogP contribution in [0.5, 0.6) is 5.75 Å². The van der Waals surface area contributed by atoms with E-state index < -0.39 is 5.97 Å². The second-order valence-corrected chi connectivity index (χ2v) is 6.86. The van der Waals surface area contributed by atoms with Crippen molar-refractivity contribution in [2.75, 3.05) is 20.0 Å². The quantitative estimate of drug-likeness (QED) is 0.523. The van der Waals surface area contributed by atoms with Gasteiger partial charge in [-0.05, 0) is 43.7 Å². The fourth-order valence-electron chi connectivity index (χ4n) is 3.68. The summed E-state index contributed by atoms with van der Waals surface area (Å²) in [6.45, 7) is 3.87. The second kappa shape index (κ2) is 7.04. The molecule has 0 aliphatic heterocycles. The maximum Gasteiger partial charge on any atom is 0.337 e. The zero-order valence-corrected chi connectivity index (χ0v) is 17.0. The van der Waals surface area contributed by atoms with Crippen LogP contribution < -0.4 is 10.5 Å². The number of aryl methyl sites for hydroxylation is 1. The number of anilines is 1. The summed E-state index contributed by atoms with van der Waals surface area (Å²) in [5.74, 6) is 0.471. The number of methoxy groups -OCH3 is 2. The van der Waals surface area contributed by atoms with E-state index in [2.05, 4.69) is 11.1 Å². The van der Waals surface area contributed by atoms with Gasteiger partial charge in [-0.15, -0.1) is 0 Å². The highest BCUT2D eigenvalue weighted by Gasteiger charge is 2.23. The highest BCUT2D eigenvalue weighted by Crippen LogP contribution is 2.35. The molecule has 2 aromatic carbocycles. The van der Waals surface area contributed by atoms with E-state index >= 15 is 0 Å². The average Bonchev–Trinajstić information content (AvgIpc) is 3.01. The molecule has 0 aliphatic carbocycles. The Balaban J connectivity index is 2.12. The van der Waals surface area contributed by atoms with Crippen molar-refractivity contribution in [3.63, 3.8) is 0 Å². The molecule has 0 radical (unpaired) electrons. The molecular weight excluding hydrogens is 382 g/mol. The minimum absolute atomic E-state index is 0.246. The summed E-state index contributed by atoms with van der Waals surface area (Å²) in [6.07, 6.45) is 0. The van der Waals surface area contributed by atoms with Crippen molar-refractivity contribution < 1.29 is 14.3 Å². The third-order valence-electron chi connectivity index (χ3n) is 5.15. The summed E-state index contributed by atoms with van der Waals surface area (Å²) in [6, 6.07) is 10.8. The van der Waals surface area contributed by atoms with E-state index in [0.717, 1.165) is 16.8 Å². The zero-order valence-electron chi connectivity index (χ0n) is 17.0. The van der Waals surface area contributed by atoms with Crippen LogP contribution in [0, 0.1) is 25.2 Å². The van der Waals surface area contributed by atoms with Gasteiger partial charge in [-0.2, -0.15) is 5.26 Å². The standard InChI is InChI=1S/C22H19N5O3/c1-11-5-8-17(29-3)12(2)19(11)27-20(24)14(10-23)18-21(27)26-16-9-13(22(28)30-4)6-7-15(16)25-18/h5-9H,24H2,1-4H3. The summed E-state index contributed by atoms with van der Waals surface area (Å²) in [7, 11) is 2.92. The number of ether oxygens (including phenoxy) is 2. The topological polar surface area (TPSA) is 116 Å². The molecule has 0 saturated carbocycles. The number of benzene rings is 2. The van der Waals surface area contributed by atoms with E-state index in [0.29, 0.717) is 33.5 Å². The van der Waals surface area contributed by atoms with Gasteiger partial charge in [-0.25, -0.2) is 14.8 Å². The fourth-order valence-corrected chi connectivity index (χ4v) is 3.68. The molecule has 8 nitrogen and oxygen atoms in total. The number of nitrogens with two attached hydrogens (primary N) is 1. The highest BCUT2D eigenvalue weighted by molar-refractivity contribution is 5.97. The van der Waals surface area contributed by atoms with Gasteiger partial charge in [-0.1, -0.05) is 6.07 Å². The molecular formula is C22H19N5O3. The summed E-state index contributed by atoms with van der Waals surface area (Å²) in [4.78, 5) is 21.3. The minimum Gasteiger partial charge on any atom is -0.496 e. The summed E-state index contributed by atoms with van der Waals surface area (Å²) in [5.41, 5.74) is 11.4. The van der Waals surface area contributed by atoms with Crippen molar-refractivity contribution in [1.29, 1.82) is 5.26 Å². The Kier molecular flexibility index (Phi) is 4.51. The molecule has 30 heavy (non-hydrogen) atoms. The van der Waals surface area contributed by atoms with Crippen LogP contribution in [-0.4, -0.2) is 34.7 Å². The molecule has 2 heterocycles. The Morgan fingerprint density at radius 1 is 1.13 bits per heavy atom. The van der Waals surface area contributed by atoms with E-state index in [1.54, 1.807) is 29.9 Å². The molecule has 150 valence electrons. The second-order valence-electron chi connectivity index (χ2n) is 6.86. The molecule has 0 spiro atoms. The van der Waals surface area contributed by atoms with Crippen molar-refractivity contribution in [3.8, 4) is 17.5 Å². The maximum absolute atomic E-state index is 11.9. The Bertz CT molecular complexity index is 1380. The van der Waals surface area contributed by atoms with Crippen molar-refractivity contribution in [1.82, 2.24) is 14.5 Å². The first-order valence-corrected chi connectivity index (χ1v) is 9.16. The molecule has 8 heteroatoms. The van der Waals surface area contributed by atoms with Crippen molar-refractivity contribution in [3.05, 3.63) is 52.6 Å². The number of rotatable bonds is 3. The summed E-state index contributed by atoms with van der Waals surface area (Å²) < 4.78 is 12.0. The number of nitrogen functional groups attached to an aromatic ring is 1. The third kappa shape index (κ3) is 2.71. The summed E-state index contributed by atoms with van der Waals surface area (Å²) >= 11 is 0. The van der Waals surface area contributed by atoms with Gasteiger partial charge >= 0.3 is 5.97 Å². The number of esters is 1. The van der Waals surface area contributed by atoms with E-state index in [9.17, 15) is 10.1 Å². The monoisotopic (exact) mass is 401 g/mol. The number of fused-ring (bicyclic) bond motifs is 2. The van der Waals surface area contributed by atoms with Crippen LogP contribution in [0.2, 0.25) is 0 Å². The molecule has 4 rings (SSSR count). The third-order valence-corrected chi connectivity index (χ3v) is 5.15. The zero-order chi connectivity index (χ0) is 21.6. The molecule has 0 bridgehead atoms.